The van der Waals surface area contributed by atoms with Crippen molar-refractivity contribution in [3.8, 4) is 11.1 Å². The normalized spacial score (nSPS) is 11.7. The number of carbonyl (C=O) groups excluding carboxylic acids is 2. The summed E-state index contributed by atoms with van der Waals surface area (Å²) >= 11 is 0. The van der Waals surface area contributed by atoms with Crippen LogP contribution >= 0.6 is 0 Å². The molecule has 0 N–H and O–H groups in total. The number of Topliss-reactive ketones (excluding diaryl/α,β-unsaturated/α-hetero) is 1. The number of carbonyl (C=O) groups is 2. The number of ether oxygens (including phenoxy) is 1. The number of esters is 1. The maximum Gasteiger partial charge on any atom is 0.375 e. The Kier molecular flexibility index (Phi) is 4.88. The summed E-state index contributed by atoms with van der Waals surface area (Å²) in [5.74, 6) is -1.77. The molecule has 0 spiro atoms. The zero-order chi connectivity index (χ0) is 15.2. The fourth-order valence-corrected chi connectivity index (χ4v) is 2.13. The van der Waals surface area contributed by atoms with Gasteiger partial charge < -0.3 is 4.74 Å². The van der Waals surface area contributed by atoms with Crippen molar-refractivity contribution in [1.82, 2.24) is 0 Å². The number of benzene rings is 2. The summed E-state index contributed by atoms with van der Waals surface area (Å²) in [6.45, 7) is 3.62. The van der Waals surface area contributed by atoms with Crippen LogP contribution < -0.4 is 0 Å². The molecule has 0 saturated heterocycles. The van der Waals surface area contributed by atoms with E-state index < -0.39 is 17.7 Å². The Labute approximate surface area is 124 Å². The molecule has 0 aliphatic heterocycles. The first-order valence-electron chi connectivity index (χ1n) is 6.99. The summed E-state index contributed by atoms with van der Waals surface area (Å²) < 4.78 is 4.75. The van der Waals surface area contributed by atoms with E-state index in [1.165, 1.54) is 0 Å². The second-order valence-electron chi connectivity index (χ2n) is 4.79. The van der Waals surface area contributed by atoms with E-state index in [9.17, 15) is 9.59 Å². The van der Waals surface area contributed by atoms with Gasteiger partial charge in [0.2, 0.25) is 5.78 Å². The highest BCUT2D eigenvalue weighted by atomic mass is 16.5. The van der Waals surface area contributed by atoms with Crippen LogP contribution in [0.15, 0.2) is 54.6 Å². The fraction of sp³-hybridized carbons (Fsp3) is 0.222. The van der Waals surface area contributed by atoms with Crippen molar-refractivity contribution < 1.29 is 14.3 Å². The lowest BCUT2D eigenvalue weighted by molar-refractivity contribution is -0.154. The molecule has 1 atom stereocenters. The molecule has 0 amide bonds. The second kappa shape index (κ2) is 6.84. The first-order valence-corrected chi connectivity index (χ1v) is 6.99. The molecule has 1 unspecified atom stereocenters. The minimum absolute atomic E-state index is 0.213. The molecule has 0 fully saturated rings. The first kappa shape index (κ1) is 15.0. The van der Waals surface area contributed by atoms with Gasteiger partial charge in [0.1, 0.15) is 0 Å². The standard InChI is InChI=1S/C18H18O3/c1-3-21-18(20)17(19)13(2)14-9-11-16(12-10-14)15-7-5-4-6-8-15/h4-13H,3H2,1-2H3. The molecule has 108 valence electrons. The van der Waals surface area contributed by atoms with Crippen molar-refractivity contribution >= 4 is 11.8 Å². The van der Waals surface area contributed by atoms with Crippen LogP contribution in [0.3, 0.4) is 0 Å². The Morgan fingerprint density at radius 2 is 1.52 bits per heavy atom. The Morgan fingerprint density at radius 1 is 0.952 bits per heavy atom. The van der Waals surface area contributed by atoms with Gasteiger partial charge in [-0.2, -0.15) is 0 Å². The predicted octanol–water partition coefficient (Wildman–Crippen LogP) is 3.59. The second-order valence-corrected chi connectivity index (χ2v) is 4.79. The maximum atomic E-state index is 11.9. The van der Waals surface area contributed by atoms with Crippen molar-refractivity contribution in [2.45, 2.75) is 19.8 Å². The average molecular weight is 282 g/mol. The third-order valence-corrected chi connectivity index (χ3v) is 3.39. The van der Waals surface area contributed by atoms with Crippen molar-refractivity contribution in [1.29, 1.82) is 0 Å². The third-order valence-electron chi connectivity index (χ3n) is 3.39. The van der Waals surface area contributed by atoms with Gasteiger partial charge in [0, 0.05) is 0 Å². The Morgan fingerprint density at radius 3 is 2.10 bits per heavy atom. The highest BCUT2D eigenvalue weighted by Crippen LogP contribution is 2.23. The quantitative estimate of drug-likeness (QED) is 0.621. The van der Waals surface area contributed by atoms with E-state index >= 15 is 0 Å². The third kappa shape index (κ3) is 3.57. The van der Waals surface area contributed by atoms with Crippen molar-refractivity contribution in [2.24, 2.45) is 0 Å². The molecule has 0 radical (unpaired) electrons. The van der Waals surface area contributed by atoms with Crippen LogP contribution in [0.2, 0.25) is 0 Å². The van der Waals surface area contributed by atoms with Gasteiger partial charge in [-0.15, -0.1) is 0 Å². The predicted molar refractivity (Wildman–Crippen MR) is 81.9 cm³/mol. The van der Waals surface area contributed by atoms with E-state index in [1.54, 1.807) is 13.8 Å². The average Bonchev–Trinajstić information content (AvgIpc) is 2.54. The Hall–Kier alpha value is -2.42. The minimum atomic E-state index is -0.767. The van der Waals surface area contributed by atoms with Gasteiger partial charge in [-0.25, -0.2) is 4.79 Å². The lowest BCUT2D eigenvalue weighted by Gasteiger charge is -2.11. The number of hydrogen-bond acceptors (Lipinski definition) is 3. The molecule has 0 aromatic heterocycles. The fourth-order valence-electron chi connectivity index (χ4n) is 2.13. The van der Waals surface area contributed by atoms with Crippen LogP contribution in [0.25, 0.3) is 11.1 Å². The molecule has 0 aliphatic rings. The summed E-state index contributed by atoms with van der Waals surface area (Å²) in [4.78, 5) is 23.4. The molecule has 2 aromatic carbocycles. The van der Waals surface area contributed by atoms with Crippen molar-refractivity contribution in [2.75, 3.05) is 6.61 Å². The van der Waals surface area contributed by atoms with Crippen LogP contribution in [0, 0.1) is 0 Å². The van der Waals surface area contributed by atoms with Gasteiger partial charge in [0.05, 0.1) is 12.5 Å². The van der Waals surface area contributed by atoms with Gasteiger partial charge in [-0.3, -0.25) is 4.79 Å². The number of hydrogen-bond donors (Lipinski definition) is 0. The van der Waals surface area contributed by atoms with Gasteiger partial charge >= 0.3 is 5.97 Å². The van der Waals surface area contributed by atoms with Gasteiger partial charge in [-0.1, -0.05) is 61.5 Å². The first-order chi connectivity index (χ1) is 10.1. The SMILES string of the molecule is CCOC(=O)C(=O)C(C)c1ccc(-c2ccccc2)cc1. The largest absolute Gasteiger partial charge is 0.460 e. The van der Waals surface area contributed by atoms with Crippen LogP contribution in [0.1, 0.15) is 25.3 Å². The van der Waals surface area contributed by atoms with E-state index in [0.29, 0.717) is 0 Å². The van der Waals surface area contributed by atoms with Crippen molar-refractivity contribution in [3.05, 3.63) is 60.2 Å². The molecule has 0 heterocycles. The molecule has 0 aliphatic carbocycles. The van der Waals surface area contributed by atoms with E-state index in [4.69, 9.17) is 4.74 Å². The van der Waals surface area contributed by atoms with Crippen LogP contribution in [-0.2, 0) is 14.3 Å². The summed E-state index contributed by atoms with van der Waals surface area (Å²) in [5.41, 5.74) is 3.01. The maximum absolute atomic E-state index is 11.9. The molecule has 0 saturated carbocycles. The molecule has 3 nitrogen and oxygen atoms in total. The van der Waals surface area contributed by atoms with Gasteiger partial charge in [0.25, 0.3) is 0 Å². The molecular formula is C18H18O3. The van der Waals surface area contributed by atoms with Gasteiger partial charge in [0.15, 0.2) is 0 Å². The lowest BCUT2D eigenvalue weighted by atomic mass is 9.94. The monoisotopic (exact) mass is 282 g/mol. The van der Waals surface area contributed by atoms with Crippen molar-refractivity contribution in [3.63, 3.8) is 0 Å². The molecular weight excluding hydrogens is 264 g/mol. The summed E-state index contributed by atoms with van der Waals surface area (Å²) in [6.07, 6.45) is 0. The van der Waals surface area contributed by atoms with E-state index in [2.05, 4.69) is 0 Å². The summed E-state index contributed by atoms with van der Waals surface area (Å²) in [5, 5.41) is 0. The lowest BCUT2D eigenvalue weighted by Crippen LogP contribution is -2.22. The van der Waals surface area contributed by atoms with Gasteiger partial charge in [-0.05, 0) is 23.6 Å². The molecule has 2 aromatic rings. The number of rotatable bonds is 5. The van der Waals surface area contributed by atoms with E-state index in [-0.39, 0.29) is 6.61 Å². The molecule has 0 bridgehead atoms. The summed E-state index contributed by atoms with van der Waals surface area (Å²) in [7, 11) is 0. The molecule has 3 heteroatoms. The Balaban J connectivity index is 2.15. The van der Waals surface area contributed by atoms with E-state index in [0.717, 1.165) is 16.7 Å². The highest BCUT2D eigenvalue weighted by molar-refractivity contribution is 6.35. The summed E-state index contributed by atoms with van der Waals surface area (Å²) in [6, 6.07) is 17.7. The van der Waals surface area contributed by atoms with Crippen LogP contribution in [0.5, 0.6) is 0 Å². The van der Waals surface area contributed by atoms with E-state index in [1.807, 2.05) is 54.6 Å². The highest BCUT2D eigenvalue weighted by Gasteiger charge is 2.23. The zero-order valence-corrected chi connectivity index (χ0v) is 12.2. The topological polar surface area (TPSA) is 43.4 Å². The zero-order valence-electron chi connectivity index (χ0n) is 12.2. The van der Waals surface area contributed by atoms with Crippen LogP contribution in [-0.4, -0.2) is 18.4 Å². The minimum Gasteiger partial charge on any atom is -0.460 e. The Bertz CT molecular complexity index is 615. The smallest absolute Gasteiger partial charge is 0.375 e. The molecule has 21 heavy (non-hydrogen) atoms. The number of ketones is 1. The molecule has 2 rings (SSSR count). The van der Waals surface area contributed by atoms with Crippen LogP contribution in [0.4, 0.5) is 0 Å².